The van der Waals surface area contributed by atoms with Crippen LogP contribution in [0, 0.1) is 0 Å². The number of nitrogens with zero attached hydrogens (tertiary/aromatic N) is 2. The number of aliphatic imine (C=N–C) groups is 1. The molecule has 0 aliphatic carbocycles. The minimum atomic E-state index is 0.792. The van der Waals surface area contributed by atoms with E-state index in [0.29, 0.717) is 0 Å². The van der Waals surface area contributed by atoms with Gasteiger partial charge in [0.15, 0.2) is 0 Å². The summed E-state index contributed by atoms with van der Waals surface area (Å²) >= 11 is 0. The highest BCUT2D eigenvalue weighted by Gasteiger charge is 2.05. The second-order valence-electron chi connectivity index (χ2n) is 3.62. The van der Waals surface area contributed by atoms with Gasteiger partial charge in [0.05, 0.1) is 0 Å². The van der Waals surface area contributed by atoms with Gasteiger partial charge in [0, 0.05) is 18.1 Å². The molecule has 0 aromatic rings. The van der Waals surface area contributed by atoms with Crippen LogP contribution in [-0.2, 0) is 0 Å². The lowest BCUT2D eigenvalue weighted by atomic mass is 10.2. The summed E-state index contributed by atoms with van der Waals surface area (Å²) in [6.07, 6.45) is 8.39. The topological polar surface area (TPSA) is 15.6 Å². The van der Waals surface area contributed by atoms with Crippen LogP contribution in [0.15, 0.2) is 41.4 Å². The molecule has 0 amide bonds. The van der Waals surface area contributed by atoms with Crippen LogP contribution in [0.2, 0.25) is 0 Å². The minimum absolute atomic E-state index is 0.792. The third kappa shape index (κ3) is 2.87. The van der Waals surface area contributed by atoms with Gasteiger partial charge < -0.3 is 4.90 Å². The Balaban J connectivity index is 2.68. The van der Waals surface area contributed by atoms with Crippen molar-refractivity contribution in [3.05, 3.63) is 36.4 Å². The van der Waals surface area contributed by atoms with Crippen LogP contribution in [0.4, 0.5) is 0 Å². The summed E-state index contributed by atoms with van der Waals surface area (Å²) in [5, 5.41) is 0. The van der Waals surface area contributed by atoms with Crippen LogP contribution in [0.1, 0.15) is 33.6 Å². The van der Waals surface area contributed by atoms with Gasteiger partial charge in [0.2, 0.25) is 0 Å². The molecular formula is C12H18N2. The third-order valence-corrected chi connectivity index (χ3v) is 2.08. The third-order valence-electron chi connectivity index (χ3n) is 2.08. The molecule has 0 aromatic carbocycles. The summed E-state index contributed by atoms with van der Waals surface area (Å²) in [5.41, 5.74) is 2.36. The van der Waals surface area contributed by atoms with Crippen LogP contribution in [0.5, 0.6) is 0 Å². The van der Waals surface area contributed by atoms with Crippen molar-refractivity contribution in [3.63, 3.8) is 0 Å². The Morgan fingerprint density at radius 1 is 1.64 bits per heavy atom. The Morgan fingerprint density at radius 3 is 2.93 bits per heavy atom. The maximum atomic E-state index is 4.29. The van der Waals surface area contributed by atoms with Crippen molar-refractivity contribution in [2.24, 2.45) is 4.99 Å². The van der Waals surface area contributed by atoms with E-state index in [-0.39, 0.29) is 0 Å². The first-order chi connectivity index (χ1) is 6.63. The molecule has 0 spiro atoms. The van der Waals surface area contributed by atoms with Gasteiger partial charge in [-0.05, 0) is 26.3 Å². The number of allylic oxidation sites excluding steroid dienone is 2. The maximum absolute atomic E-state index is 4.29. The molecule has 0 aromatic heterocycles. The van der Waals surface area contributed by atoms with E-state index in [9.17, 15) is 0 Å². The molecule has 76 valence electrons. The Kier molecular flexibility index (Phi) is 3.69. The quantitative estimate of drug-likeness (QED) is 0.665. The lowest BCUT2D eigenvalue weighted by molar-refractivity contribution is 0.607. The molecule has 0 N–H and O–H groups in total. The van der Waals surface area contributed by atoms with E-state index in [1.165, 1.54) is 12.0 Å². The van der Waals surface area contributed by atoms with Gasteiger partial charge in [-0.2, -0.15) is 0 Å². The van der Waals surface area contributed by atoms with E-state index in [4.69, 9.17) is 0 Å². The zero-order valence-corrected chi connectivity index (χ0v) is 9.25. The smallest absolute Gasteiger partial charge is 0.129 e. The van der Waals surface area contributed by atoms with Crippen LogP contribution in [0.3, 0.4) is 0 Å². The molecule has 1 heterocycles. The SMILES string of the molecule is C=C1N=C(C)C=CN1/C=C(\C)CCC. The number of hydrogen-bond acceptors (Lipinski definition) is 2. The zero-order chi connectivity index (χ0) is 10.6. The van der Waals surface area contributed by atoms with Crippen molar-refractivity contribution in [2.75, 3.05) is 0 Å². The van der Waals surface area contributed by atoms with Crippen molar-refractivity contribution in [2.45, 2.75) is 33.6 Å². The Labute approximate surface area is 86.3 Å². The van der Waals surface area contributed by atoms with Gasteiger partial charge in [-0.3, -0.25) is 0 Å². The molecule has 0 saturated heterocycles. The number of hydrogen-bond donors (Lipinski definition) is 0. The highest BCUT2D eigenvalue weighted by molar-refractivity contribution is 5.94. The molecule has 14 heavy (non-hydrogen) atoms. The van der Waals surface area contributed by atoms with E-state index in [0.717, 1.165) is 18.0 Å². The fourth-order valence-electron chi connectivity index (χ4n) is 1.39. The first-order valence-corrected chi connectivity index (χ1v) is 5.01. The molecular weight excluding hydrogens is 172 g/mol. The fraction of sp³-hybridized carbons (Fsp3) is 0.417. The molecule has 1 aliphatic heterocycles. The molecule has 0 fully saturated rings. The van der Waals surface area contributed by atoms with Crippen LogP contribution in [0.25, 0.3) is 0 Å². The van der Waals surface area contributed by atoms with Gasteiger partial charge >= 0.3 is 0 Å². The maximum Gasteiger partial charge on any atom is 0.129 e. The first-order valence-electron chi connectivity index (χ1n) is 5.01. The van der Waals surface area contributed by atoms with Crippen molar-refractivity contribution in [1.29, 1.82) is 0 Å². The summed E-state index contributed by atoms with van der Waals surface area (Å²) in [6.45, 7) is 10.2. The first kappa shape index (κ1) is 10.8. The number of rotatable bonds is 3. The van der Waals surface area contributed by atoms with E-state index < -0.39 is 0 Å². The monoisotopic (exact) mass is 190 g/mol. The van der Waals surface area contributed by atoms with Crippen LogP contribution in [-0.4, -0.2) is 10.6 Å². The average Bonchev–Trinajstić information content (AvgIpc) is 2.10. The minimum Gasteiger partial charge on any atom is -0.309 e. The van der Waals surface area contributed by atoms with E-state index in [1.807, 2.05) is 24.1 Å². The molecule has 1 aliphatic rings. The van der Waals surface area contributed by atoms with Gasteiger partial charge in [0.1, 0.15) is 5.82 Å². The lowest BCUT2D eigenvalue weighted by Gasteiger charge is -2.19. The second kappa shape index (κ2) is 4.80. The molecule has 0 saturated carbocycles. The second-order valence-corrected chi connectivity index (χ2v) is 3.62. The predicted octanol–water partition coefficient (Wildman–Crippen LogP) is 3.45. The Hall–Kier alpha value is -1.31. The normalized spacial score (nSPS) is 17.4. The molecule has 0 unspecified atom stereocenters. The summed E-state index contributed by atoms with van der Waals surface area (Å²) in [4.78, 5) is 6.26. The standard InChI is InChI=1S/C12H18N2/c1-5-6-10(2)9-14-8-7-11(3)13-12(14)4/h7-9H,4-6H2,1-3H3/b10-9+. The van der Waals surface area contributed by atoms with Crippen LogP contribution >= 0.6 is 0 Å². The summed E-state index contributed by atoms with van der Waals surface area (Å²) < 4.78 is 0. The average molecular weight is 190 g/mol. The Bertz CT molecular complexity index is 308. The highest BCUT2D eigenvalue weighted by atomic mass is 15.2. The zero-order valence-electron chi connectivity index (χ0n) is 9.25. The van der Waals surface area contributed by atoms with E-state index >= 15 is 0 Å². The van der Waals surface area contributed by atoms with Gasteiger partial charge in [-0.1, -0.05) is 25.5 Å². The molecule has 0 atom stereocenters. The fourth-order valence-corrected chi connectivity index (χ4v) is 1.39. The molecule has 0 radical (unpaired) electrons. The van der Waals surface area contributed by atoms with Crippen molar-refractivity contribution in [3.8, 4) is 0 Å². The van der Waals surface area contributed by atoms with Crippen molar-refractivity contribution >= 4 is 5.71 Å². The largest absolute Gasteiger partial charge is 0.309 e. The van der Waals surface area contributed by atoms with Gasteiger partial charge in [0.25, 0.3) is 0 Å². The molecule has 2 nitrogen and oxygen atoms in total. The van der Waals surface area contributed by atoms with Crippen LogP contribution < -0.4 is 0 Å². The van der Waals surface area contributed by atoms with Gasteiger partial charge in [-0.15, -0.1) is 0 Å². The molecule has 0 bridgehead atoms. The summed E-state index contributed by atoms with van der Waals surface area (Å²) in [6, 6.07) is 0. The van der Waals surface area contributed by atoms with Crippen molar-refractivity contribution < 1.29 is 0 Å². The lowest BCUT2D eigenvalue weighted by Crippen LogP contribution is -2.12. The predicted molar refractivity (Wildman–Crippen MR) is 61.9 cm³/mol. The highest BCUT2D eigenvalue weighted by Crippen LogP contribution is 2.14. The van der Waals surface area contributed by atoms with E-state index in [1.54, 1.807) is 0 Å². The summed E-state index contributed by atoms with van der Waals surface area (Å²) in [7, 11) is 0. The molecule has 1 rings (SSSR count). The van der Waals surface area contributed by atoms with Gasteiger partial charge in [-0.25, -0.2) is 4.99 Å². The molecule has 2 heteroatoms. The van der Waals surface area contributed by atoms with E-state index in [2.05, 4.69) is 31.6 Å². The van der Waals surface area contributed by atoms with Crippen molar-refractivity contribution in [1.82, 2.24) is 4.90 Å². The summed E-state index contributed by atoms with van der Waals surface area (Å²) in [5.74, 6) is 0.792. The Morgan fingerprint density at radius 2 is 2.36 bits per heavy atom.